The number of hydrogen-bond donors (Lipinski definition) is 1. The van der Waals surface area contributed by atoms with Gasteiger partial charge in [0.1, 0.15) is 5.75 Å². The summed E-state index contributed by atoms with van der Waals surface area (Å²) in [6.45, 7) is 1.81. The Balaban J connectivity index is 1.36. The first-order valence-electron chi connectivity index (χ1n) is 10.9. The zero-order valence-corrected chi connectivity index (χ0v) is 18.0. The van der Waals surface area contributed by atoms with Crippen LogP contribution in [0, 0.1) is 0 Å². The van der Waals surface area contributed by atoms with Gasteiger partial charge >= 0.3 is 6.03 Å². The van der Waals surface area contributed by atoms with Gasteiger partial charge in [0.2, 0.25) is 5.91 Å². The van der Waals surface area contributed by atoms with Crippen molar-refractivity contribution in [2.24, 2.45) is 0 Å². The van der Waals surface area contributed by atoms with Crippen molar-refractivity contribution >= 4 is 17.6 Å². The van der Waals surface area contributed by atoms with Crippen LogP contribution in [0.3, 0.4) is 0 Å². The van der Waals surface area contributed by atoms with Crippen LogP contribution in [0.4, 0.5) is 10.5 Å². The van der Waals surface area contributed by atoms with E-state index in [0.717, 1.165) is 29.2 Å². The second-order valence-electron chi connectivity index (χ2n) is 8.19. The number of para-hydroxylation sites is 1. The number of urea groups is 1. The maximum atomic E-state index is 13.4. The summed E-state index contributed by atoms with van der Waals surface area (Å²) in [5, 5.41) is 3.11. The van der Waals surface area contributed by atoms with Crippen molar-refractivity contribution in [1.82, 2.24) is 14.8 Å². The fourth-order valence-electron chi connectivity index (χ4n) is 4.66. The lowest BCUT2D eigenvalue weighted by Crippen LogP contribution is -2.50. The number of carbonyl (C=O) groups is 2. The van der Waals surface area contributed by atoms with Gasteiger partial charge in [-0.25, -0.2) is 4.79 Å². The number of anilines is 1. The van der Waals surface area contributed by atoms with E-state index in [1.54, 1.807) is 12.0 Å². The summed E-state index contributed by atoms with van der Waals surface area (Å²) in [4.78, 5) is 29.6. The van der Waals surface area contributed by atoms with Gasteiger partial charge in [-0.15, -0.1) is 0 Å². The zero-order chi connectivity index (χ0) is 22.1. The summed E-state index contributed by atoms with van der Waals surface area (Å²) >= 11 is 0. The van der Waals surface area contributed by atoms with Crippen LogP contribution in [-0.2, 0) is 11.3 Å². The molecule has 1 fully saturated rings. The Morgan fingerprint density at radius 1 is 1.00 bits per heavy atom. The highest BCUT2D eigenvalue weighted by molar-refractivity contribution is 5.96. The minimum Gasteiger partial charge on any atom is -0.497 e. The van der Waals surface area contributed by atoms with E-state index in [0.29, 0.717) is 19.5 Å². The summed E-state index contributed by atoms with van der Waals surface area (Å²) in [5.74, 6) is 0.808. The smallest absolute Gasteiger partial charge is 0.318 e. The predicted molar refractivity (Wildman–Crippen MR) is 122 cm³/mol. The van der Waals surface area contributed by atoms with Crippen molar-refractivity contribution < 1.29 is 14.3 Å². The molecule has 7 heteroatoms. The van der Waals surface area contributed by atoms with Gasteiger partial charge in [0.25, 0.3) is 0 Å². The Morgan fingerprint density at radius 2 is 1.78 bits per heavy atom. The topological polar surface area (TPSA) is 66.8 Å². The van der Waals surface area contributed by atoms with Crippen molar-refractivity contribution in [2.45, 2.75) is 25.0 Å². The number of methoxy groups -OCH3 is 1. The summed E-state index contributed by atoms with van der Waals surface area (Å²) in [5.41, 5.74) is 2.96. The SMILES string of the molecule is COc1ccc(C2c3cccn3CCN2C(=O)NC2CC(=O)N(c3ccccc3)C2)cc1. The maximum Gasteiger partial charge on any atom is 0.318 e. The predicted octanol–water partition coefficient (Wildman–Crippen LogP) is 3.42. The maximum absolute atomic E-state index is 13.4. The lowest BCUT2D eigenvalue weighted by Gasteiger charge is -2.38. The first-order valence-corrected chi connectivity index (χ1v) is 10.9. The van der Waals surface area contributed by atoms with Gasteiger partial charge in [-0.2, -0.15) is 0 Å². The third-order valence-corrected chi connectivity index (χ3v) is 6.25. The van der Waals surface area contributed by atoms with E-state index in [2.05, 4.69) is 22.1 Å². The molecule has 0 saturated carbocycles. The van der Waals surface area contributed by atoms with Crippen molar-refractivity contribution in [3.63, 3.8) is 0 Å². The van der Waals surface area contributed by atoms with Gasteiger partial charge in [-0.1, -0.05) is 30.3 Å². The molecule has 2 aliphatic rings. The van der Waals surface area contributed by atoms with E-state index < -0.39 is 0 Å². The molecule has 1 N–H and O–H groups in total. The Hall–Kier alpha value is -3.74. The van der Waals surface area contributed by atoms with Gasteiger partial charge < -0.3 is 24.4 Å². The quantitative estimate of drug-likeness (QED) is 0.690. The standard InChI is InChI=1S/C25H26N4O3/c1-32-21-11-9-18(10-12-21)24-22-8-5-13-27(22)14-15-28(24)25(31)26-19-16-23(30)29(17-19)20-6-3-2-4-7-20/h2-13,19,24H,14-17H2,1H3,(H,26,31). The fraction of sp³-hybridized carbons (Fsp3) is 0.280. The van der Waals surface area contributed by atoms with Gasteiger partial charge in [-0.3, -0.25) is 4.79 Å². The van der Waals surface area contributed by atoms with Crippen molar-refractivity contribution in [3.8, 4) is 5.75 Å². The number of ether oxygens (including phenoxy) is 1. The third-order valence-electron chi connectivity index (χ3n) is 6.25. The van der Waals surface area contributed by atoms with Gasteiger partial charge in [-0.05, 0) is 42.0 Å². The van der Waals surface area contributed by atoms with Crippen LogP contribution in [0.15, 0.2) is 72.9 Å². The average molecular weight is 431 g/mol. The minimum absolute atomic E-state index is 0.0284. The molecule has 1 aromatic heterocycles. The number of carbonyl (C=O) groups excluding carboxylic acids is 2. The van der Waals surface area contributed by atoms with Crippen LogP contribution in [0.1, 0.15) is 23.7 Å². The molecule has 5 rings (SSSR count). The van der Waals surface area contributed by atoms with E-state index in [4.69, 9.17) is 4.74 Å². The van der Waals surface area contributed by atoms with E-state index in [-0.39, 0.29) is 24.0 Å². The molecule has 7 nitrogen and oxygen atoms in total. The van der Waals surface area contributed by atoms with E-state index in [1.807, 2.05) is 65.6 Å². The number of amides is 3. The average Bonchev–Trinajstić information content (AvgIpc) is 3.45. The summed E-state index contributed by atoms with van der Waals surface area (Å²) < 4.78 is 7.49. The molecule has 2 aliphatic heterocycles. The van der Waals surface area contributed by atoms with Crippen LogP contribution < -0.4 is 15.0 Å². The molecular formula is C25H26N4O3. The highest BCUT2D eigenvalue weighted by Crippen LogP contribution is 2.33. The van der Waals surface area contributed by atoms with E-state index >= 15 is 0 Å². The zero-order valence-electron chi connectivity index (χ0n) is 18.0. The summed E-state index contributed by atoms with van der Waals surface area (Å²) in [6, 6.07) is 20.9. The molecule has 0 bridgehead atoms. The first kappa shape index (κ1) is 20.2. The molecule has 2 unspecified atom stereocenters. The number of benzene rings is 2. The van der Waals surface area contributed by atoms with Crippen LogP contribution in [0.2, 0.25) is 0 Å². The third kappa shape index (κ3) is 3.70. The normalized spacial score (nSPS) is 20.2. The molecule has 2 aromatic carbocycles. The number of nitrogens with zero attached hydrogens (tertiary/aromatic N) is 3. The number of hydrogen-bond acceptors (Lipinski definition) is 3. The summed E-state index contributed by atoms with van der Waals surface area (Å²) in [7, 11) is 1.64. The molecule has 3 amide bonds. The van der Waals surface area contributed by atoms with Crippen LogP contribution in [-0.4, -0.2) is 47.6 Å². The van der Waals surface area contributed by atoms with Crippen LogP contribution in [0.25, 0.3) is 0 Å². The lowest BCUT2D eigenvalue weighted by atomic mass is 10.00. The highest BCUT2D eigenvalue weighted by Gasteiger charge is 2.36. The molecule has 32 heavy (non-hydrogen) atoms. The fourth-order valence-corrected chi connectivity index (χ4v) is 4.66. The monoisotopic (exact) mass is 430 g/mol. The Bertz CT molecular complexity index is 1110. The Morgan fingerprint density at radius 3 is 2.53 bits per heavy atom. The van der Waals surface area contributed by atoms with E-state index in [9.17, 15) is 9.59 Å². The number of aromatic nitrogens is 1. The molecule has 3 heterocycles. The Labute approximate surface area is 187 Å². The number of fused-ring (bicyclic) bond motifs is 1. The molecule has 164 valence electrons. The second-order valence-corrected chi connectivity index (χ2v) is 8.19. The number of rotatable bonds is 4. The van der Waals surface area contributed by atoms with Crippen molar-refractivity contribution in [3.05, 3.63) is 84.2 Å². The van der Waals surface area contributed by atoms with Crippen molar-refractivity contribution in [2.75, 3.05) is 25.1 Å². The van der Waals surface area contributed by atoms with Crippen molar-refractivity contribution in [1.29, 1.82) is 0 Å². The van der Waals surface area contributed by atoms with E-state index in [1.165, 1.54) is 0 Å². The van der Waals surface area contributed by atoms with Gasteiger partial charge in [0, 0.05) is 43.6 Å². The Kier molecular flexibility index (Phi) is 5.31. The summed E-state index contributed by atoms with van der Waals surface area (Å²) in [6.07, 6.45) is 2.35. The molecule has 3 aromatic rings. The van der Waals surface area contributed by atoms with Crippen LogP contribution >= 0.6 is 0 Å². The first-order chi connectivity index (χ1) is 15.6. The molecular weight excluding hydrogens is 404 g/mol. The molecule has 0 aliphatic carbocycles. The number of nitrogens with one attached hydrogen (secondary N) is 1. The minimum atomic E-state index is -0.222. The second kappa shape index (κ2) is 8.42. The van der Waals surface area contributed by atoms with Gasteiger partial charge in [0.05, 0.1) is 19.2 Å². The molecule has 0 spiro atoms. The molecule has 1 saturated heterocycles. The van der Waals surface area contributed by atoms with Gasteiger partial charge in [0.15, 0.2) is 0 Å². The largest absolute Gasteiger partial charge is 0.497 e. The van der Waals surface area contributed by atoms with Crippen LogP contribution in [0.5, 0.6) is 5.75 Å². The molecule has 0 radical (unpaired) electrons. The highest BCUT2D eigenvalue weighted by atomic mass is 16.5. The molecule has 2 atom stereocenters. The lowest BCUT2D eigenvalue weighted by molar-refractivity contribution is -0.117.